The number of carbonyl (C=O) groups excluding carboxylic acids is 2. The Morgan fingerprint density at radius 2 is 1.90 bits per heavy atom. The smallest absolute Gasteiger partial charge is 0.418 e. The lowest BCUT2D eigenvalue weighted by atomic mass is 10.0. The number of anilines is 1. The predicted molar refractivity (Wildman–Crippen MR) is 106 cm³/mol. The van der Waals surface area contributed by atoms with Crippen LogP contribution in [0, 0.1) is 10.1 Å². The van der Waals surface area contributed by atoms with Crippen LogP contribution in [0.5, 0.6) is 0 Å². The van der Waals surface area contributed by atoms with Gasteiger partial charge in [0, 0.05) is 30.8 Å². The van der Waals surface area contributed by atoms with Crippen LogP contribution in [0.4, 0.5) is 29.3 Å². The minimum absolute atomic E-state index is 0.0284. The van der Waals surface area contributed by atoms with E-state index < -0.39 is 57.2 Å². The van der Waals surface area contributed by atoms with Gasteiger partial charge in [0.1, 0.15) is 11.8 Å². The van der Waals surface area contributed by atoms with Crippen LogP contribution in [0.3, 0.4) is 0 Å². The molecule has 1 aliphatic rings. The second kappa shape index (κ2) is 8.98. The van der Waals surface area contributed by atoms with E-state index in [9.17, 15) is 32.9 Å². The maximum atomic E-state index is 13.5. The average Bonchev–Trinajstić information content (AvgIpc) is 2.64. The van der Waals surface area contributed by atoms with Crippen molar-refractivity contribution in [3.63, 3.8) is 0 Å². The van der Waals surface area contributed by atoms with Crippen molar-refractivity contribution in [2.24, 2.45) is 0 Å². The van der Waals surface area contributed by atoms with Gasteiger partial charge in [-0.2, -0.15) is 13.2 Å². The summed E-state index contributed by atoms with van der Waals surface area (Å²) in [7, 11) is 1.13. The van der Waals surface area contributed by atoms with Crippen LogP contribution in [-0.4, -0.2) is 53.6 Å². The number of nitro benzene ring substituents is 1. The van der Waals surface area contributed by atoms with Gasteiger partial charge in [-0.3, -0.25) is 14.9 Å². The van der Waals surface area contributed by atoms with E-state index in [4.69, 9.17) is 4.74 Å². The number of likely N-dealkylation sites (tertiary alicyclic amines) is 1. The number of piperidine rings is 1. The van der Waals surface area contributed by atoms with Crippen LogP contribution < -0.4 is 10.6 Å². The molecule has 1 aromatic carbocycles. The molecule has 0 aliphatic carbocycles. The molecular formula is C19H25F3N4O5. The molecule has 0 bridgehead atoms. The van der Waals surface area contributed by atoms with E-state index in [2.05, 4.69) is 10.6 Å². The lowest BCUT2D eigenvalue weighted by Crippen LogP contribution is -2.47. The molecule has 9 nitrogen and oxygen atoms in total. The first-order chi connectivity index (χ1) is 14.2. The van der Waals surface area contributed by atoms with Gasteiger partial charge in [-0.05, 0) is 39.7 Å². The molecule has 31 heavy (non-hydrogen) atoms. The zero-order valence-corrected chi connectivity index (χ0v) is 17.6. The minimum Gasteiger partial charge on any atom is -0.444 e. The largest absolute Gasteiger partial charge is 0.444 e. The van der Waals surface area contributed by atoms with Crippen molar-refractivity contribution in [2.45, 2.75) is 51.4 Å². The van der Waals surface area contributed by atoms with E-state index in [0.717, 1.165) is 13.1 Å². The maximum absolute atomic E-state index is 13.5. The highest BCUT2D eigenvalue weighted by Crippen LogP contribution is 2.40. The topological polar surface area (TPSA) is 114 Å². The van der Waals surface area contributed by atoms with E-state index in [0.29, 0.717) is 18.9 Å². The summed E-state index contributed by atoms with van der Waals surface area (Å²) in [6, 6.07) is 1.41. The molecule has 1 saturated heterocycles. The number of nitro groups is 1. The van der Waals surface area contributed by atoms with E-state index >= 15 is 0 Å². The fourth-order valence-electron chi connectivity index (χ4n) is 3.27. The highest BCUT2D eigenvalue weighted by Gasteiger charge is 2.39. The van der Waals surface area contributed by atoms with E-state index in [1.165, 1.54) is 4.90 Å². The van der Waals surface area contributed by atoms with Gasteiger partial charge in [0.15, 0.2) is 0 Å². The third-order valence-corrected chi connectivity index (χ3v) is 4.53. The number of hydrogen-bond donors (Lipinski definition) is 2. The second-order valence-electron chi connectivity index (χ2n) is 8.22. The Kier molecular flexibility index (Phi) is 7.02. The maximum Gasteiger partial charge on any atom is 0.418 e. The monoisotopic (exact) mass is 446 g/mol. The number of ether oxygens (including phenoxy) is 1. The third kappa shape index (κ3) is 6.22. The molecule has 1 aromatic rings. The number of carbonyl (C=O) groups is 2. The van der Waals surface area contributed by atoms with Gasteiger partial charge in [-0.1, -0.05) is 0 Å². The van der Waals surface area contributed by atoms with Crippen LogP contribution in [0.15, 0.2) is 12.1 Å². The minimum atomic E-state index is -4.90. The van der Waals surface area contributed by atoms with Crippen LogP contribution >= 0.6 is 0 Å². The fourth-order valence-corrected chi connectivity index (χ4v) is 3.27. The van der Waals surface area contributed by atoms with E-state index in [1.807, 2.05) is 0 Å². The molecule has 12 heteroatoms. The van der Waals surface area contributed by atoms with Crippen molar-refractivity contribution in [3.05, 3.63) is 33.4 Å². The average molecular weight is 446 g/mol. The normalized spacial score (nSPS) is 17.1. The second-order valence-corrected chi connectivity index (χ2v) is 8.22. The van der Waals surface area contributed by atoms with Crippen molar-refractivity contribution in [2.75, 3.05) is 25.5 Å². The molecule has 0 saturated carbocycles. The lowest BCUT2D eigenvalue weighted by Gasteiger charge is -2.33. The van der Waals surface area contributed by atoms with Crippen molar-refractivity contribution in [1.82, 2.24) is 10.2 Å². The van der Waals surface area contributed by atoms with Crippen LogP contribution in [0.25, 0.3) is 0 Å². The van der Waals surface area contributed by atoms with Crippen LogP contribution in [0.1, 0.15) is 49.5 Å². The van der Waals surface area contributed by atoms with E-state index in [1.54, 1.807) is 20.8 Å². The van der Waals surface area contributed by atoms with Gasteiger partial charge in [-0.25, -0.2) is 4.79 Å². The molecule has 0 aromatic heterocycles. The number of nitrogens with one attached hydrogen (secondary N) is 2. The van der Waals surface area contributed by atoms with Gasteiger partial charge >= 0.3 is 12.3 Å². The molecular weight excluding hydrogens is 421 g/mol. The molecule has 1 atom stereocenters. The molecule has 0 unspecified atom stereocenters. The van der Waals surface area contributed by atoms with Crippen molar-refractivity contribution < 1.29 is 32.4 Å². The van der Waals surface area contributed by atoms with Gasteiger partial charge in [0.25, 0.3) is 11.6 Å². The number of amides is 2. The van der Waals surface area contributed by atoms with Crippen LogP contribution in [0.2, 0.25) is 0 Å². The fraction of sp³-hybridized carbons (Fsp3) is 0.579. The number of alkyl halides is 3. The number of alkyl carbamates (subject to hydrolysis) is 1. The summed E-state index contributed by atoms with van der Waals surface area (Å²) < 4.78 is 45.7. The standard InChI is InChI=1S/C19H25F3N4O5/c1-18(2,3)24-17(28)31-12-6-5-7-25(10-12)16(27)11-8-13(19(20,21)22)15(23-4)14(9-11)26(29)30/h8-9,12,23H,5-7,10H2,1-4H3,(H,24,28)/t12-/m1/s1. The lowest BCUT2D eigenvalue weighted by molar-refractivity contribution is -0.384. The number of benzene rings is 1. The Morgan fingerprint density at radius 1 is 1.26 bits per heavy atom. The summed E-state index contributed by atoms with van der Waals surface area (Å²) in [5.74, 6) is -0.805. The van der Waals surface area contributed by atoms with Gasteiger partial charge in [0.05, 0.1) is 17.0 Å². The quantitative estimate of drug-likeness (QED) is 0.537. The number of hydrogen-bond acceptors (Lipinski definition) is 6. The number of nitrogens with zero attached hydrogens (tertiary/aromatic N) is 2. The summed E-state index contributed by atoms with van der Waals surface area (Å²) in [6.07, 6.45) is -5.28. The van der Waals surface area contributed by atoms with Gasteiger partial charge in [-0.15, -0.1) is 0 Å². The molecule has 2 rings (SSSR count). The first-order valence-electron chi connectivity index (χ1n) is 9.58. The molecule has 1 aliphatic heterocycles. The van der Waals surface area contributed by atoms with E-state index in [-0.39, 0.29) is 13.1 Å². The number of halogens is 3. The summed E-state index contributed by atoms with van der Waals surface area (Å²) in [4.78, 5) is 36.4. The zero-order valence-electron chi connectivity index (χ0n) is 17.6. The van der Waals surface area contributed by atoms with Crippen molar-refractivity contribution in [1.29, 1.82) is 0 Å². The van der Waals surface area contributed by atoms with Gasteiger partial charge in [0.2, 0.25) is 0 Å². The molecule has 1 heterocycles. The highest BCUT2D eigenvalue weighted by atomic mass is 19.4. The molecule has 0 radical (unpaired) electrons. The SMILES string of the molecule is CNc1c([N+](=O)[O-])cc(C(=O)N2CCC[C@@H](OC(=O)NC(C)(C)C)C2)cc1C(F)(F)F. The Bertz CT molecular complexity index is 867. The molecule has 172 valence electrons. The summed E-state index contributed by atoms with van der Waals surface area (Å²) in [5, 5.41) is 16.1. The summed E-state index contributed by atoms with van der Waals surface area (Å²) >= 11 is 0. The molecule has 2 amide bonds. The Labute approximate surface area is 177 Å². The van der Waals surface area contributed by atoms with Gasteiger partial charge < -0.3 is 20.3 Å². The van der Waals surface area contributed by atoms with Crippen LogP contribution in [-0.2, 0) is 10.9 Å². The summed E-state index contributed by atoms with van der Waals surface area (Å²) in [5.41, 5.74) is -3.86. The Balaban J connectivity index is 2.28. The molecule has 1 fully saturated rings. The van der Waals surface area contributed by atoms with Crippen molar-refractivity contribution in [3.8, 4) is 0 Å². The van der Waals surface area contributed by atoms with Crippen molar-refractivity contribution >= 4 is 23.4 Å². The Hall–Kier alpha value is -3.05. The highest BCUT2D eigenvalue weighted by molar-refractivity contribution is 5.96. The zero-order chi connectivity index (χ0) is 23.6. The third-order valence-electron chi connectivity index (χ3n) is 4.53. The Morgan fingerprint density at radius 3 is 2.42 bits per heavy atom. The molecule has 2 N–H and O–H groups in total. The summed E-state index contributed by atoms with van der Waals surface area (Å²) in [6.45, 7) is 5.50. The number of rotatable bonds is 4. The predicted octanol–water partition coefficient (Wildman–Crippen LogP) is 3.78. The first kappa shape index (κ1) is 24.2. The molecule has 0 spiro atoms. The first-order valence-corrected chi connectivity index (χ1v) is 9.58.